The van der Waals surface area contributed by atoms with Crippen LogP contribution in [-0.2, 0) is 18.9 Å². The zero-order chi connectivity index (χ0) is 20.6. The molecule has 8 nitrogen and oxygen atoms in total. The predicted molar refractivity (Wildman–Crippen MR) is 111 cm³/mol. The van der Waals surface area contributed by atoms with E-state index in [1.165, 1.54) is 18.7 Å². The van der Waals surface area contributed by atoms with Gasteiger partial charge in [0.25, 0.3) is 5.56 Å². The fraction of sp³-hybridized carbons (Fsp3) is 0.235. The van der Waals surface area contributed by atoms with Crippen LogP contribution in [-0.4, -0.2) is 30.8 Å². The highest BCUT2D eigenvalue weighted by Crippen LogP contribution is 2.26. The van der Waals surface area contributed by atoms with Gasteiger partial charge in [-0.25, -0.2) is 14.8 Å². The Hall–Kier alpha value is -2.36. The van der Waals surface area contributed by atoms with Gasteiger partial charge < -0.3 is 5.32 Å². The highest BCUT2D eigenvalue weighted by Gasteiger charge is 2.17. The van der Waals surface area contributed by atoms with Gasteiger partial charge in [0.1, 0.15) is 16.2 Å². The summed E-state index contributed by atoms with van der Waals surface area (Å²) in [5.74, 6) is 0.0789. The van der Waals surface area contributed by atoms with Crippen LogP contribution in [0.15, 0.2) is 32.8 Å². The van der Waals surface area contributed by atoms with Crippen molar-refractivity contribution in [3.05, 3.63) is 54.9 Å². The van der Waals surface area contributed by atoms with E-state index in [0.717, 1.165) is 16.3 Å². The summed E-state index contributed by atoms with van der Waals surface area (Å²) >= 11 is 12.9. The minimum Gasteiger partial charge on any atom is -0.325 e. The van der Waals surface area contributed by atoms with Crippen molar-refractivity contribution in [1.82, 2.24) is 19.1 Å². The topological polar surface area (TPSA) is 98.9 Å². The number of benzene rings is 1. The lowest BCUT2D eigenvalue weighted by molar-refractivity contribution is -0.113. The van der Waals surface area contributed by atoms with Gasteiger partial charge in [-0.3, -0.25) is 18.7 Å². The van der Waals surface area contributed by atoms with Crippen LogP contribution in [0.4, 0.5) is 5.69 Å². The molecular weight excluding hydrogens is 425 g/mol. The maximum Gasteiger partial charge on any atom is 0.332 e. The van der Waals surface area contributed by atoms with Crippen molar-refractivity contribution in [2.45, 2.75) is 11.9 Å². The maximum absolute atomic E-state index is 12.6. The van der Waals surface area contributed by atoms with E-state index < -0.39 is 11.2 Å². The second kappa shape index (κ2) is 7.94. The molecule has 11 heteroatoms. The third-order valence-corrected chi connectivity index (χ3v) is 5.64. The van der Waals surface area contributed by atoms with Crippen LogP contribution < -0.4 is 16.6 Å². The summed E-state index contributed by atoms with van der Waals surface area (Å²) in [6, 6.07) is 4.76. The molecule has 1 N–H and O–H groups in total. The van der Waals surface area contributed by atoms with Crippen LogP contribution in [0.25, 0.3) is 11.0 Å². The molecule has 3 aromatic rings. The van der Waals surface area contributed by atoms with Crippen LogP contribution in [0, 0.1) is 6.92 Å². The molecule has 0 radical (unpaired) electrons. The number of halogens is 2. The quantitative estimate of drug-likeness (QED) is 0.494. The van der Waals surface area contributed by atoms with Crippen molar-refractivity contribution in [2.75, 3.05) is 11.1 Å². The molecule has 0 aliphatic rings. The van der Waals surface area contributed by atoms with Gasteiger partial charge in [-0.2, -0.15) is 0 Å². The van der Waals surface area contributed by atoms with E-state index in [9.17, 15) is 14.4 Å². The molecule has 1 aromatic carbocycles. The minimum absolute atomic E-state index is 0.00219. The Morgan fingerprint density at radius 3 is 2.54 bits per heavy atom. The average Bonchev–Trinajstić information content (AvgIpc) is 2.65. The van der Waals surface area contributed by atoms with Crippen molar-refractivity contribution in [3.63, 3.8) is 0 Å². The van der Waals surface area contributed by atoms with Crippen LogP contribution in [0.5, 0.6) is 0 Å². The fourth-order valence-electron chi connectivity index (χ4n) is 2.54. The molecule has 0 bridgehead atoms. The molecule has 1 amide bonds. The monoisotopic (exact) mass is 439 g/mol. The molecule has 0 saturated carbocycles. The van der Waals surface area contributed by atoms with Crippen LogP contribution in [0.2, 0.25) is 10.0 Å². The number of carbonyl (C=O) groups excluding carboxylic acids is 1. The summed E-state index contributed by atoms with van der Waals surface area (Å²) in [5.41, 5.74) is -0.260. The summed E-state index contributed by atoms with van der Waals surface area (Å²) in [4.78, 5) is 45.5. The van der Waals surface area contributed by atoms with Gasteiger partial charge >= 0.3 is 5.69 Å². The Morgan fingerprint density at radius 2 is 1.86 bits per heavy atom. The molecule has 2 aromatic heterocycles. The van der Waals surface area contributed by atoms with Gasteiger partial charge in [0.15, 0.2) is 5.65 Å². The van der Waals surface area contributed by atoms with E-state index in [4.69, 9.17) is 23.2 Å². The summed E-state index contributed by atoms with van der Waals surface area (Å²) in [7, 11) is 2.91. The van der Waals surface area contributed by atoms with Gasteiger partial charge in [0.2, 0.25) is 5.91 Å². The number of rotatable bonds is 4. The van der Waals surface area contributed by atoms with Crippen molar-refractivity contribution in [2.24, 2.45) is 14.1 Å². The molecular formula is C17H15Cl2N5O3S. The Labute approximate surface area is 173 Å². The number of aromatic nitrogens is 4. The SMILES string of the molecule is Cc1nc(SCC(=O)Nc2ccc(Cl)c(Cl)c2)c2c(=O)n(C)c(=O)n(C)c2n1. The number of aryl methyl sites for hydroxylation is 2. The third kappa shape index (κ3) is 3.91. The lowest BCUT2D eigenvalue weighted by Gasteiger charge is -2.11. The first-order valence-electron chi connectivity index (χ1n) is 8.01. The lowest BCUT2D eigenvalue weighted by atomic mass is 10.3. The maximum atomic E-state index is 12.6. The van der Waals surface area contributed by atoms with E-state index in [1.54, 1.807) is 25.1 Å². The summed E-state index contributed by atoms with van der Waals surface area (Å²) in [6.07, 6.45) is 0. The molecule has 0 saturated heterocycles. The zero-order valence-electron chi connectivity index (χ0n) is 15.1. The van der Waals surface area contributed by atoms with Crippen LogP contribution in [0.3, 0.4) is 0 Å². The van der Waals surface area contributed by atoms with E-state index >= 15 is 0 Å². The Morgan fingerprint density at radius 1 is 1.14 bits per heavy atom. The third-order valence-electron chi connectivity index (χ3n) is 3.92. The van der Waals surface area contributed by atoms with Crippen LogP contribution >= 0.6 is 35.0 Å². The summed E-state index contributed by atoms with van der Waals surface area (Å²) in [6.45, 7) is 1.65. The zero-order valence-corrected chi connectivity index (χ0v) is 17.4. The molecule has 3 rings (SSSR count). The number of carbonyl (C=O) groups is 1. The van der Waals surface area contributed by atoms with Crippen molar-refractivity contribution < 1.29 is 4.79 Å². The standard InChI is InChI=1S/C17H15Cl2N5O3S/c1-8-20-14-13(16(26)24(3)17(27)23(14)2)15(21-8)28-7-12(25)22-9-4-5-10(18)11(19)6-9/h4-6H,7H2,1-3H3,(H,22,25). The van der Waals surface area contributed by atoms with Gasteiger partial charge in [-0.05, 0) is 25.1 Å². The van der Waals surface area contributed by atoms with E-state index in [2.05, 4.69) is 15.3 Å². The molecule has 0 aliphatic carbocycles. The van der Waals surface area contributed by atoms with Gasteiger partial charge in [-0.1, -0.05) is 35.0 Å². The van der Waals surface area contributed by atoms with Gasteiger partial charge in [0.05, 0.1) is 15.8 Å². The van der Waals surface area contributed by atoms with Crippen molar-refractivity contribution in [3.8, 4) is 0 Å². The fourth-order valence-corrected chi connectivity index (χ4v) is 3.70. The number of amides is 1. The molecule has 0 atom stereocenters. The van der Waals surface area contributed by atoms with Gasteiger partial charge in [-0.15, -0.1) is 0 Å². The largest absolute Gasteiger partial charge is 0.332 e. The number of fused-ring (bicyclic) bond motifs is 1. The molecule has 28 heavy (non-hydrogen) atoms. The molecule has 0 fully saturated rings. The molecule has 2 heterocycles. The second-order valence-electron chi connectivity index (χ2n) is 5.95. The number of nitrogens with zero attached hydrogens (tertiary/aromatic N) is 4. The Balaban J connectivity index is 1.90. The van der Waals surface area contributed by atoms with Crippen LogP contribution in [0.1, 0.15) is 5.82 Å². The van der Waals surface area contributed by atoms with Crippen molar-refractivity contribution >= 4 is 57.6 Å². The highest BCUT2D eigenvalue weighted by atomic mass is 35.5. The molecule has 146 valence electrons. The van der Waals surface area contributed by atoms with Crippen molar-refractivity contribution in [1.29, 1.82) is 0 Å². The first-order valence-corrected chi connectivity index (χ1v) is 9.75. The highest BCUT2D eigenvalue weighted by molar-refractivity contribution is 8.00. The van der Waals surface area contributed by atoms with E-state index in [1.807, 2.05) is 0 Å². The molecule has 0 spiro atoms. The average molecular weight is 440 g/mol. The normalized spacial score (nSPS) is 11.0. The summed E-state index contributed by atoms with van der Waals surface area (Å²) in [5, 5.41) is 3.95. The van der Waals surface area contributed by atoms with E-state index in [0.29, 0.717) is 26.6 Å². The first-order chi connectivity index (χ1) is 13.2. The number of thioether (sulfide) groups is 1. The smallest absolute Gasteiger partial charge is 0.325 e. The molecule has 0 aliphatic heterocycles. The first kappa shape index (κ1) is 20.4. The Bertz CT molecular complexity index is 1220. The van der Waals surface area contributed by atoms with Gasteiger partial charge in [0, 0.05) is 19.8 Å². The number of hydrogen-bond acceptors (Lipinski definition) is 6. The number of hydrogen-bond donors (Lipinski definition) is 1. The lowest BCUT2D eigenvalue weighted by Crippen LogP contribution is -2.37. The van der Waals surface area contributed by atoms with E-state index in [-0.39, 0.29) is 22.7 Å². The summed E-state index contributed by atoms with van der Waals surface area (Å²) < 4.78 is 2.27. The number of nitrogens with one attached hydrogen (secondary N) is 1. The second-order valence-corrected chi connectivity index (χ2v) is 7.72. The number of anilines is 1. The molecule has 0 unspecified atom stereocenters. The Kier molecular flexibility index (Phi) is 5.78. The predicted octanol–water partition coefficient (Wildman–Crippen LogP) is 2.37. The minimum atomic E-state index is -0.509.